The van der Waals surface area contributed by atoms with Crippen LogP contribution >= 0.6 is 0 Å². The van der Waals surface area contributed by atoms with Crippen LogP contribution < -0.4 is 0 Å². The monoisotopic (exact) mass is 297 g/mol. The molecule has 0 unspecified atom stereocenters. The highest BCUT2D eigenvalue weighted by molar-refractivity contribution is 7.92. The van der Waals surface area contributed by atoms with Gasteiger partial charge in [-0.15, -0.1) is 0 Å². The Balaban J connectivity index is 1.96. The van der Waals surface area contributed by atoms with Gasteiger partial charge in [-0.3, -0.25) is 4.90 Å². The maximum absolute atomic E-state index is 11.9. The molecule has 1 atom stereocenters. The molecular formula is C15H23NO3S. The van der Waals surface area contributed by atoms with Gasteiger partial charge in [0.15, 0.2) is 9.84 Å². The summed E-state index contributed by atoms with van der Waals surface area (Å²) in [5.74, 6) is 0.274. The highest BCUT2D eigenvalue weighted by Gasteiger charge is 2.26. The summed E-state index contributed by atoms with van der Waals surface area (Å²) in [6.07, 6.45) is 0.726. The van der Waals surface area contributed by atoms with Crippen LogP contribution in [0.2, 0.25) is 0 Å². The van der Waals surface area contributed by atoms with Crippen molar-refractivity contribution in [2.24, 2.45) is 0 Å². The Kier molecular flexibility index (Phi) is 5.18. The van der Waals surface area contributed by atoms with E-state index < -0.39 is 9.84 Å². The minimum absolute atomic E-state index is 0.212. The van der Waals surface area contributed by atoms with Crippen LogP contribution in [0.5, 0.6) is 0 Å². The van der Waals surface area contributed by atoms with E-state index in [1.54, 1.807) is 7.11 Å². The molecule has 1 saturated heterocycles. The Hall–Kier alpha value is -0.910. The fourth-order valence-corrected chi connectivity index (χ4v) is 3.82. The largest absolute Gasteiger partial charge is 0.380 e. The second kappa shape index (κ2) is 6.70. The van der Waals surface area contributed by atoms with Crippen molar-refractivity contribution < 1.29 is 13.2 Å². The van der Waals surface area contributed by atoms with E-state index in [-0.39, 0.29) is 11.0 Å². The van der Waals surface area contributed by atoms with Crippen LogP contribution in [-0.4, -0.2) is 44.5 Å². The molecule has 1 fully saturated rings. The van der Waals surface area contributed by atoms with Gasteiger partial charge in [-0.05, 0) is 31.0 Å². The number of hydrogen-bond acceptors (Lipinski definition) is 4. The zero-order valence-electron chi connectivity index (χ0n) is 12.2. The Morgan fingerprint density at radius 3 is 2.50 bits per heavy atom. The summed E-state index contributed by atoms with van der Waals surface area (Å²) >= 11 is 0. The summed E-state index contributed by atoms with van der Waals surface area (Å²) in [6, 6.07) is 8.32. The van der Waals surface area contributed by atoms with Crippen molar-refractivity contribution in [1.82, 2.24) is 4.90 Å². The first-order chi connectivity index (χ1) is 9.51. The van der Waals surface area contributed by atoms with Gasteiger partial charge < -0.3 is 4.74 Å². The molecule has 1 aliphatic rings. The number of nitrogens with zero attached hydrogens (tertiary/aromatic N) is 1. The first-order valence-electron chi connectivity index (χ1n) is 7.02. The van der Waals surface area contributed by atoms with Gasteiger partial charge in [0, 0.05) is 20.2 Å². The molecule has 1 aromatic rings. The van der Waals surface area contributed by atoms with E-state index in [0.717, 1.165) is 25.1 Å². The lowest BCUT2D eigenvalue weighted by molar-refractivity contribution is 0.185. The van der Waals surface area contributed by atoms with Crippen LogP contribution in [0.15, 0.2) is 24.3 Å². The van der Waals surface area contributed by atoms with E-state index in [9.17, 15) is 8.42 Å². The van der Waals surface area contributed by atoms with Crippen LogP contribution in [0.3, 0.4) is 0 Å². The molecule has 0 spiro atoms. The lowest BCUT2D eigenvalue weighted by Gasteiger charge is -2.19. The SMILES string of the molecule is COCc1ccc(CN2CC[C@H](C)S(=O)(=O)CC2)cc1. The number of rotatable bonds is 4. The van der Waals surface area contributed by atoms with Crippen molar-refractivity contribution in [2.75, 3.05) is 26.0 Å². The molecule has 112 valence electrons. The Morgan fingerprint density at radius 2 is 1.85 bits per heavy atom. The van der Waals surface area contributed by atoms with Crippen molar-refractivity contribution in [2.45, 2.75) is 31.7 Å². The Labute approximate surface area is 121 Å². The molecule has 0 N–H and O–H groups in total. The normalized spacial score (nSPS) is 23.4. The molecule has 0 aromatic heterocycles. The molecule has 2 rings (SSSR count). The van der Waals surface area contributed by atoms with Gasteiger partial charge in [0.1, 0.15) is 0 Å². The second-order valence-corrected chi connectivity index (χ2v) is 8.03. The first kappa shape index (κ1) is 15.5. The third-order valence-corrected chi connectivity index (χ3v) is 6.11. The summed E-state index contributed by atoms with van der Waals surface area (Å²) in [5.41, 5.74) is 2.38. The van der Waals surface area contributed by atoms with E-state index >= 15 is 0 Å². The molecule has 1 aromatic carbocycles. The zero-order valence-corrected chi connectivity index (χ0v) is 13.0. The predicted molar refractivity (Wildman–Crippen MR) is 80.3 cm³/mol. The van der Waals surface area contributed by atoms with E-state index in [4.69, 9.17) is 4.74 Å². The van der Waals surface area contributed by atoms with Crippen LogP contribution in [0.4, 0.5) is 0 Å². The van der Waals surface area contributed by atoms with Gasteiger partial charge in [0.25, 0.3) is 0 Å². The average molecular weight is 297 g/mol. The summed E-state index contributed by atoms with van der Waals surface area (Å²) in [7, 11) is -1.21. The van der Waals surface area contributed by atoms with E-state index in [1.165, 1.54) is 5.56 Å². The molecule has 0 aliphatic carbocycles. The lowest BCUT2D eigenvalue weighted by Crippen LogP contribution is -2.26. The quantitative estimate of drug-likeness (QED) is 0.851. The average Bonchev–Trinajstić information content (AvgIpc) is 2.54. The van der Waals surface area contributed by atoms with Gasteiger partial charge in [0.2, 0.25) is 0 Å². The van der Waals surface area contributed by atoms with Crippen LogP contribution in [0.25, 0.3) is 0 Å². The molecule has 4 nitrogen and oxygen atoms in total. The first-order valence-corrected chi connectivity index (χ1v) is 8.73. The third-order valence-electron chi connectivity index (χ3n) is 3.90. The number of benzene rings is 1. The maximum atomic E-state index is 11.9. The van der Waals surface area contributed by atoms with Crippen LogP contribution in [0, 0.1) is 0 Å². The molecule has 0 bridgehead atoms. The van der Waals surface area contributed by atoms with Gasteiger partial charge >= 0.3 is 0 Å². The minimum atomic E-state index is -2.90. The smallest absolute Gasteiger partial charge is 0.154 e. The standard InChI is InChI=1S/C15H23NO3S/c1-13-7-8-16(9-10-20(13,17)18)11-14-3-5-15(6-4-14)12-19-2/h3-6,13H,7-12H2,1-2H3/t13-/m0/s1. The summed E-state index contributed by atoms with van der Waals surface area (Å²) < 4.78 is 28.8. The number of sulfone groups is 1. The molecule has 1 heterocycles. The zero-order chi connectivity index (χ0) is 14.6. The molecule has 1 aliphatic heterocycles. The Bertz CT molecular complexity index is 525. The lowest BCUT2D eigenvalue weighted by atomic mass is 10.1. The minimum Gasteiger partial charge on any atom is -0.380 e. The highest BCUT2D eigenvalue weighted by atomic mass is 32.2. The van der Waals surface area contributed by atoms with Crippen molar-refractivity contribution in [3.8, 4) is 0 Å². The van der Waals surface area contributed by atoms with Crippen molar-refractivity contribution >= 4 is 9.84 Å². The predicted octanol–water partition coefficient (Wildman–Crippen LogP) is 1.84. The summed E-state index contributed by atoms with van der Waals surface area (Å²) in [5, 5.41) is -0.212. The fraction of sp³-hybridized carbons (Fsp3) is 0.600. The van der Waals surface area contributed by atoms with E-state index in [2.05, 4.69) is 29.2 Å². The van der Waals surface area contributed by atoms with Crippen LogP contribution in [0.1, 0.15) is 24.5 Å². The number of methoxy groups -OCH3 is 1. The summed E-state index contributed by atoms with van der Waals surface area (Å²) in [6.45, 7) is 4.74. The third kappa shape index (κ3) is 4.04. The van der Waals surface area contributed by atoms with E-state index in [0.29, 0.717) is 13.2 Å². The number of hydrogen-bond donors (Lipinski definition) is 0. The molecule has 0 saturated carbocycles. The molecule has 5 heteroatoms. The van der Waals surface area contributed by atoms with Crippen LogP contribution in [-0.2, 0) is 27.7 Å². The molecule has 0 radical (unpaired) electrons. The number of ether oxygens (including phenoxy) is 1. The van der Waals surface area contributed by atoms with Crippen molar-refractivity contribution in [1.29, 1.82) is 0 Å². The highest BCUT2D eigenvalue weighted by Crippen LogP contribution is 2.16. The fourth-order valence-electron chi connectivity index (χ4n) is 2.44. The van der Waals surface area contributed by atoms with Crippen molar-refractivity contribution in [3.63, 3.8) is 0 Å². The Morgan fingerprint density at radius 1 is 1.20 bits per heavy atom. The summed E-state index contributed by atoms with van der Waals surface area (Å²) in [4.78, 5) is 2.23. The molecule has 20 heavy (non-hydrogen) atoms. The van der Waals surface area contributed by atoms with Crippen molar-refractivity contribution in [3.05, 3.63) is 35.4 Å². The molecule has 0 amide bonds. The molecular weight excluding hydrogens is 274 g/mol. The van der Waals surface area contributed by atoms with Gasteiger partial charge in [-0.1, -0.05) is 24.3 Å². The second-order valence-electron chi connectivity index (χ2n) is 5.49. The topological polar surface area (TPSA) is 46.6 Å². The van der Waals surface area contributed by atoms with E-state index in [1.807, 2.05) is 6.92 Å². The maximum Gasteiger partial charge on any atom is 0.154 e. The van der Waals surface area contributed by atoms with Gasteiger partial charge in [0.05, 0.1) is 17.6 Å². The van der Waals surface area contributed by atoms with Gasteiger partial charge in [-0.2, -0.15) is 0 Å². The van der Waals surface area contributed by atoms with Gasteiger partial charge in [-0.25, -0.2) is 8.42 Å².